The Morgan fingerprint density at radius 2 is 1.94 bits per heavy atom. The lowest BCUT2D eigenvalue weighted by molar-refractivity contribution is -0.0317. The molecule has 1 aliphatic rings. The molecule has 1 heterocycles. The molecule has 1 aromatic rings. The standard InChI is InChI=1S/C14H22OS/c1-13(2)6-8-14(15,9-7-13)5-3-12-4-10-16-11-12/h4,10-11,15H,3,5-9H2,1-2H3. The molecule has 1 N–H and O–H groups in total. The summed E-state index contributed by atoms with van der Waals surface area (Å²) < 4.78 is 0. The number of hydrogen-bond acceptors (Lipinski definition) is 2. The lowest BCUT2D eigenvalue weighted by Crippen LogP contribution is -2.37. The Morgan fingerprint density at radius 1 is 1.25 bits per heavy atom. The minimum Gasteiger partial charge on any atom is -0.390 e. The molecule has 90 valence electrons. The zero-order valence-corrected chi connectivity index (χ0v) is 11.1. The number of aliphatic hydroxyl groups is 1. The summed E-state index contributed by atoms with van der Waals surface area (Å²) in [5.41, 5.74) is 1.43. The minimum absolute atomic E-state index is 0.391. The maximum Gasteiger partial charge on any atom is 0.0651 e. The van der Waals surface area contributed by atoms with Crippen LogP contribution < -0.4 is 0 Å². The second-order valence-corrected chi connectivity index (χ2v) is 6.80. The molecule has 1 saturated carbocycles. The van der Waals surface area contributed by atoms with E-state index in [1.807, 2.05) is 0 Å². The summed E-state index contributed by atoms with van der Waals surface area (Å²) in [5, 5.41) is 14.8. The van der Waals surface area contributed by atoms with Crippen molar-refractivity contribution in [1.29, 1.82) is 0 Å². The zero-order chi connectivity index (χ0) is 11.6. The molecule has 2 rings (SSSR count). The Morgan fingerprint density at radius 3 is 2.50 bits per heavy atom. The first-order valence-electron chi connectivity index (χ1n) is 6.23. The van der Waals surface area contributed by atoms with Gasteiger partial charge >= 0.3 is 0 Å². The number of rotatable bonds is 3. The maximum atomic E-state index is 10.5. The molecule has 0 bridgehead atoms. The number of thiophene rings is 1. The molecule has 0 saturated heterocycles. The number of hydrogen-bond donors (Lipinski definition) is 1. The van der Waals surface area contributed by atoms with Crippen LogP contribution in [0.25, 0.3) is 0 Å². The van der Waals surface area contributed by atoms with Gasteiger partial charge in [0.1, 0.15) is 0 Å². The number of aryl methyl sites for hydroxylation is 1. The van der Waals surface area contributed by atoms with E-state index in [0.29, 0.717) is 5.41 Å². The minimum atomic E-state index is -0.391. The normalized spacial score (nSPS) is 23.2. The third-order valence-electron chi connectivity index (χ3n) is 3.99. The van der Waals surface area contributed by atoms with Crippen LogP contribution in [0.3, 0.4) is 0 Å². The summed E-state index contributed by atoms with van der Waals surface area (Å²) in [6.07, 6.45) is 6.23. The predicted octanol–water partition coefficient (Wildman–Crippen LogP) is 4.01. The molecule has 1 fully saturated rings. The zero-order valence-electron chi connectivity index (χ0n) is 10.3. The average Bonchev–Trinajstić information content (AvgIpc) is 2.74. The highest BCUT2D eigenvalue weighted by atomic mass is 32.1. The molecular formula is C14H22OS. The van der Waals surface area contributed by atoms with E-state index in [-0.39, 0.29) is 0 Å². The van der Waals surface area contributed by atoms with Crippen LogP contribution in [0.5, 0.6) is 0 Å². The Hall–Kier alpha value is -0.340. The Balaban J connectivity index is 1.85. The van der Waals surface area contributed by atoms with Crippen molar-refractivity contribution in [3.8, 4) is 0 Å². The van der Waals surface area contributed by atoms with Gasteiger partial charge in [0.15, 0.2) is 0 Å². The fourth-order valence-electron chi connectivity index (χ4n) is 2.45. The van der Waals surface area contributed by atoms with Crippen LogP contribution in [0.4, 0.5) is 0 Å². The topological polar surface area (TPSA) is 20.2 Å². The first-order valence-corrected chi connectivity index (χ1v) is 7.17. The average molecular weight is 238 g/mol. The smallest absolute Gasteiger partial charge is 0.0651 e. The van der Waals surface area contributed by atoms with E-state index in [4.69, 9.17) is 0 Å². The molecule has 16 heavy (non-hydrogen) atoms. The predicted molar refractivity (Wildman–Crippen MR) is 69.8 cm³/mol. The van der Waals surface area contributed by atoms with Gasteiger partial charge in [-0.2, -0.15) is 11.3 Å². The summed E-state index contributed by atoms with van der Waals surface area (Å²) in [5.74, 6) is 0. The molecular weight excluding hydrogens is 216 g/mol. The fraction of sp³-hybridized carbons (Fsp3) is 0.714. The molecule has 1 nitrogen and oxygen atoms in total. The van der Waals surface area contributed by atoms with Gasteiger partial charge in [-0.1, -0.05) is 13.8 Å². The fourth-order valence-corrected chi connectivity index (χ4v) is 3.16. The third-order valence-corrected chi connectivity index (χ3v) is 4.73. The van der Waals surface area contributed by atoms with Crippen LogP contribution in [0.1, 0.15) is 51.5 Å². The third kappa shape index (κ3) is 3.08. The van der Waals surface area contributed by atoms with Gasteiger partial charge in [-0.05, 0) is 66.3 Å². The molecule has 1 aliphatic carbocycles. The molecule has 0 aliphatic heterocycles. The second kappa shape index (κ2) is 4.50. The van der Waals surface area contributed by atoms with E-state index in [2.05, 4.69) is 30.7 Å². The Labute approximate surface area is 103 Å². The van der Waals surface area contributed by atoms with E-state index in [1.54, 1.807) is 11.3 Å². The highest BCUT2D eigenvalue weighted by Gasteiger charge is 2.36. The van der Waals surface area contributed by atoms with E-state index < -0.39 is 5.60 Å². The van der Waals surface area contributed by atoms with Gasteiger partial charge in [-0.25, -0.2) is 0 Å². The molecule has 0 aromatic carbocycles. The van der Waals surface area contributed by atoms with Gasteiger partial charge in [-0.3, -0.25) is 0 Å². The van der Waals surface area contributed by atoms with Crippen molar-refractivity contribution in [2.45, 2.75) is 58.0 Å². The summed E-state index contributed by atoms with van der Waals surface area (Å²) >= 11 is 1.74. The molecule has 0 atom stereocenters. The summed E-state index contributed by atoms with van der Waals surface area (Å²) in [4.78, 5) is 0. The van der Waals surface area contributed by atoms with Crippen LogP contribution in [0.15, 0.2) is 16.8 Å². The van der Waals surface area contributed by atoms with Crippen LogP contribution in [0, 0.1) is 5.41 Å². The summed E-state index contributed by atoms with van der Waals surface area (Å²) in [6.45, 7) is 4.62. The lowest BCUT2D eigenvalue weighted by Gasteiger charge is -2.40. The molecule has 0 unspecified atom stereocenters. The second-order valence-electron chi connectivity index (χ2n) is 6.02. The van der Waals surface area contributed by atoms with Crippen molar-refractivity contribution in [1.82, 2.24) is 0 Å². The van der Waals surface area contributed by atoms with E-state index >= 15 is 0 Å². The van der Waals surface area contributed by atoms with Gasteiger partial charge in [0.25, 0.3) is 0 Å². The van der Waals surface area contributed by atoms with Crippen molar-refractivity contribution in [2.75, 3.05) is 0 Å². The lowest BCUT2D eigenvalue weighted by atomic mass is 9.69. The largest absolute Gasteiger partial charge is 0.390 e. The van der Waals surface area contributed by atoms with Gasteiger partial charge < -0.3 is 5.11 Å². The highest BCUT2D eigenvalue weighted by Crippen LogP contribution is 2.41. The van der Waals surface area contributed by atoms with Crippen LogP contribution >= 0.6 is 11.3 Å². The maximum absolute atomic E-state index is 10.5. The van der Waals surface area contributed by atoms with Crippen molar-refractivity contribution >= 4 is 11.3 Å². The van der Waals surface area contributed by atoms with Gasteiger partial charge in [-0.15, -0.1) is 0 Å². The summed E-state index contributed by atoms with van der Waals surface area (Å²) in [7, 11) is 0. The molecule has 1 aromatic heterocycles. The first-order chi connectivity index (χ1) is 7.49. The quantitative estimate of drug-likeness (QED) is 0.843. The van der Waals surface area contributed by atoms with Crippen molar-refractivity contribution in [3.05, 3.63) is 22.4 Å². The Kier molecular flexibility index (Phi) is 3.41. The highest BCUT2D eigenvalue weighted by molar-refractivity contribution is 7.07. The van der Waals surface area contributed by atoms with Crippen molar-refractivity contribution < 1.29 is 5.11 Å². The van der Waals surface area contributed by atoms with Crippen molar-refractivity contribution in [3.63, 3.8) is 0 Å². The SMILES string of the molecule is CC1(C)CCC(O)(CCc2ccsc2)CC1. The summed E-state index contributed by atoms with van der Waals surface area (Å²) in [6, 6.07) is 2.17. The van der Waals surface area contributed by atoms with E-state index in [1.165, 1.54) is 5.56 Å². The van der Waals surface area contributed by atoms with Gasteiger partial charge in [0.05, 0.1) is 5.60 Å². The van der Waals surface area contributed by atoms with Gasteiger partial charge in [0, 0.05) is 0 Å². The molecule has 0 amide bonds. The van der Waals surface area contributed by atoms with Crippen LogP contribution in [-0.4, -0.2) is 10.7 Å². The first kappa shape index (κ1) is 12.1. The van der Waals surface area contributed by atoms with E-state index in [9.17, 15) is 5.11 Å². The van der Waals surface area contributed by atoms with Crippen molar-refractivity contribution in [2.24, 2.45) is 5.41 Å². The molecule has 0 spiro atoms. The molecule has 0 radical (unpaired) electrons. The van der Waals surface area contributed by atoms with Crippen LogP contribution in [-0.2, 0) is 6.42 Å². The van der Waals surface area contributed by atoms with Crippen LogP contribution in [0.2, 0.25) is 0 Å². The van der Waals surface area contributed by atoms with E-state index in [0.717, 1.165) is 38.5 Å². The molecule has 2 heteroatoms. The Bertz CT molecular complexity index is 317. The monoisotopic (exact) mass is 238 g/mol. The van der Waals surface area contributed by atoms with Gasteiger partial charge in [0.2, 0.25) is 0 Å².